The van der Waals surface area contributed by atoms with Gasteiger partial charge in [-0.15, -0.1) is 0 Å². The highest BCUT2D eigenvalue weighted by atomic mass is 19.3. The molecule has 88 valence electrons. The number of rotatable bonds is 3. The van der Waals surface area contributed by atoms with Crippen molar-refractivity contribution < 1.29 is 18.7 Å². The number of amides is 1. The fourth-order valence-corrected chi connectivity index (χ4v) is 1.30. The molecule has 16 heavy (non-hydrogen) atoms. The third kappa shape index (κ3) is 2.92. The lowest BCUT2D eigenvalue weighted by atomic mass is 10.1. The Labute approximate surface area is 92.3 Å². The molecule has 0 aliphatic rings. The Bertz CT molecular complexity index is 394. The monoisotopic (exact) mass is 229 g/mol. The maximum absolute atomic E-state index is 12.1. The van der Waals surface area contributed by atoms with Crippen molar-refractivity contribution in [3.8, 4) is 5.75 Å². The summed E-state index contributed by atoms with van der Waals surface area (Å²) in [6, 6.07) is 4.26. The molecule has 0 atom stereocenters. The fraction of sp³-hybridized carbons (Fsp3) is 0.364. The molecule has 0 saturated heterocycles. The molecule has 3 nitrogen and oxygen atoms in total. The van der Waals surface area contributed by atoms with Crippen LogP contribution in [0, 0.1) is 6.92 Å². The Morgan fingerprint density at radius 2 is 2.12 bits per heavy atom. The van der Waals surface area contributed by atoms with Gasteiger partial charge in [-0.3, -0.25) is 4.79 Å². The number of phenols is 1. The molecule has 1 aromatic carbocycles. The molecule has 0 unspecified atom stereocenters. The van der Waals surface area contributed by atoms with E-state index >= 15 is 0 Å². The van der Waals surface area contributed by atoms with Gasteiger partial charge in [0.2, 0.25) is 0 Å². The zero-order valence-corrected chi connectivity index (χ0v) is 9.08. The van der Waals surface area contributed by atoms with E-state index < -0.39 is 18.9 Å². The molecule has 5 heteroatoms. The summed E-state index contributed by atoms with van der Waals surface area (Å²) in [4.78, 5) is 12.6. The number of nitrogens with zero attached hydrogens (tertiary/aromatic N) is 1. The summed E-state index contributed by atoms with van der Waals surface area (Å²) in [6.07, 6.45) is -2.55. The molecule has 0 aromatic heterocycles. The maximum Gasteiger partial charge on any atom is 0.255 e. The van der Waals surface area contributed by atoms with Crippen molar-refractivity contribution in [3.05, 3.63) is 29.3 Å². The number of aryl methyl sites for hydroxylation is 1. The van der Waals surface area contributed by atoms with E-state index in [0.29, 0.717) is 11.1 Å². The Kier molecular flexibility index (Phi) is 3.82. The van der Waals surface area contributed by atoms with Gasteiger partial charge in [0.1, 0.15) is 5.75 Å². The van der Waals surface area contributed by atoms with Crippen molar-refractivity contribution >= 4 is 5.91 Å². The Balaban J connectivity index is 2.84. The lowest BCUT2D eigenvalue weighted by molar-refractivity contribution is 0.0620. The van der Waals surface area contributed by atoms with Crippen LogP contribution in [0.3, 0.4) is 0 Å². The van der Waals surface area contributed by atoms with Gasteiger partial charge in [-0.2, -0.15) is 0 Å². The zero-order valence-electron chi connectivity index (χ0n) is 9.08. The summed E-state index contributed by atoms with van der Waals surface area (Å²) >= 11 is 0. The van der Waals surface area contributed by atoms with Crippen LogP contribution in [0.1, 0.15) is 15.9 Å². The molecule has 1 rings (SSSR count). The van der Waals surface area contributed by atoms with Gasteiger partial charge in [0.25, 0.3) is 12.3 Å². The van der Waals surface area contributed by atoms with Crippen molar-refractivity contribution in [1.29, 1.82) is 0 Å². The number of carbonyl (C=O) groups is 1. The number of hydrogen-bond donors (Lipinski definition) is 1. The average Bonchev–Trinajstić information content (AvgIpc) is 2.20. The van der Waals surface area contributed by atoms with Crippen molar-refractivity contribution in [2.24, 2.45) is 0 Å². The second-order valence-electron chi connectivity index (χ2n) is 3.58. The number of alkyl halides is 2. The maximum atomic E-state index is 12.1. The van der Waals surface area contributed by atoms with E-state index in [1.807, 2.05) is 0 Å². The van der Waals surface area contributed by atoms with E-state index in [0.717, 1.165) is 4.90 Å². The van der Waals surface area contributed by atoms with E-state index in [2.05, 4.69) is 0 Å². The smallest absolute Gasteiger partial charge is 0.255 e. The molecule has 0 fully saturated rings. The van der Waals surface area contributed by atoms with E-state index in [9.17, 15) is 18.7 Å². The molecule has 1 aromatic rings. The third-order valence-electron chi connectivity index (χ3n) is 2.20. The van der Waals surface area contributed by atoms with Crippen LogP contribution in [0.15, 0.2) is 18.2 Å². The molecule has 1 N–H and O–H groups in total. The predicted octanol–water partition coefficient (Wildman–Crippen LogP) is 2.04. The molecular formula is C11H13F2NO2. The summed E-state index contributed by atoms with van der Waals surface area (Å²) < 4.78 is 24.1. The highest BCUT2D eigenvalue weighted by molar-refractivity contribution is 5.94. The molecule has 0 spiro atoms. The van der Waals surface area contributed by atoms with E-state index in [1.54, 1.807) is 6.92 Å². The first-order chi connectivity index (χ1) is 7.41. The molecule has 0 bridgehead atoms. The summed E-state index contributed by atoms with van der Waals surface area (Å²) in [7, 11) is 1.32. The largest absolute Gasteiger partial charge is 0.508 e. The normalized spacial score (nSPS) is 10.6. The van der Waals surface area contributed by atoms with Crippen LogP contribution in [0.4, 0.5) is 8.78 Å². The standard InChI is InChI=1S/C11H13F2NO2/c1-7-5-8(3-4-9(7)15)11(16)14(2)6-10(12)13/h3-5,10,15H,6H2,1-2H3. The highest BCUT2D eigenvalue weighted by Gasteiger charge is 2.16. The van der Waals surface area contributed by atoms with Crippen LogP contribution in [-0.2, 0) is 0 Å². The van der Waals surface area contributed by atoms with Gasteiger partial charge < -0.3 is 10.0 Å². The Hall–Kier alpha value is -1.65. The zero-order chi connectivity index (χ0) is 12.3. The first-order valence-corrected chi connectivity index (χ1v) is 4.75. The minimum Gasteiger partial charge on any atom is -0.508 e. The quantitative estimate of drug-likeness (QED) is 0.861. The summed E-state index contributed by atoms with van der Waals surface area (Å²) in [6.45, 7) is 1.04. The van der Waals surface area contributed by atoms with Crippen LogP contribution in [-0.4, -0.2) is 35.9 Å². The van der Waals surface area contributed by atoms with E-state index in [-0.39, 0.29) is 5.75 Å². The van der Waals surface area contributed by atoms with Crippen molar-refractivity contribution in [2.75, 3.05) is 13.6 Å². The summed E-state index contributed by atoms with van der Waals surface area (Å²) in [5.41, 5.74) is 0.828. The molecular weight excluding hydrogens is 216 g/mol. The minimum atomic E-state index is -2.55. The van der Waals surface area contributed by atoms with Crippen LogP contribution in [0.2, 0.25) is 0 Å². The van der Waals surface area contributed by atoms with Crippen LogP contribution < -0.4 is 0 Å². The van der Waals surface area contributed by atoms with Crippen LogP contribution >= 0.6 is 0 Å². The van der Waals surface area contributed by atoms with Crippen molar-refractivity contribution in [1.82, 2.24) is 4.90 Å². The van der Waals surface area contributed by atoms with Gasteiger partial charge in [-0.1, -0.05) is 0 Å². The minimum absolute atomic E-state index is 0.0769. The Morgan fingerprint density at radius 3 is 2.62 bits per heavy atom. The lowest BCUT2D eigenvalue weighted by Crippen LogP contribution is -2.31. The molecule has 0 saturated carbocycles. The van der Waals surface area contributed by atoms with Gasteiger partial charge in [-0.05, 0) is 30.7 Å². The van der Waals surface area contributed by atoms with Gasteiger partial charge in [0.15, 0.2) is 0 Å². The first-order valence-electron chi connectivity index (χ1n) is 4.75. The average molecular weight is 229 g/mol. The van der Waals surface area contributed by atoms with Crippen molar-refractivity contribution in [2.45, 2.75) is 13.3 Å². The number of aromatic hydroxyl groups is 1. The van der Waals surface area contributed by atoms with Crippen LogP contribution in [0.5, 0.6) is 5.75 Å². The molecule has 0 aliphatic heterocycles. The molecule has 0 aliphatic carbocycles. The molecule has 0 heterocycles. The predicted molar refractivity (Wildman–Crippen MR) is 55.8 cm³/mol. The van der Waals surface area contributed by atoms with Gasteiger partial charge >= 0.3 is 0 Å². The fourth-order valence-electron chi connectivity index (χ4n) is 1.30. The number of phenolic OH excluding ortho intramolecular Hbond substituents is 1. The number of carbonyl (C=O) groups excluding carboxylic acids is 1. The van der Waals surface area contributed by atoms with E-state index in [1.165, 1.54) is 25.2 Å². The Morgan fingerprint density at radius 1 is 1.50 bits per heavy atom. The SMILES string of the molecule is Cc1cc(C(=O)N(C)CC(F)F)ccc1O. The number of hydrogen-bond acceptors (Lipinski definition) is 2. The van der Waals surface area contributed by atoms with Crippen molar-refractivity contribution in [3.63, 3.8) is 0 Å². The van der Waals surface area contributed by atoms with Gasteiger partial charge in [0.05, 0.1) is 6.54 Å². The first kappa shape index (κ1) is 12.4. The van der Waals surface area contributed by atoms with E-state index in [4.69, 9.17) is 0 Å². The molecule has 1 amide bonds. The highest BCUT2D eigenvalue weighted by Crippen LogP contribution is 2.18. The molecule has 0 radical (unpaired) electrons. The summed E-state index contributed by atoms with van der Waals surface area (Å²) in [5.74, 6) is -0.406. The van der Waals surface area contributed by atoms with Crippen LogP contribution in [0.25, 0.3) is 0 Å². The number of halogens is 2. The topological polar surface area (TPSA) is 40.5 Å². The van der Waals surface area contributed by atoms with Gasteiger partial charge in [-0.25, -0.2) is 8.78 Å². The number of benzene rings is 1. The second-order valence-corrected chi connectivity index (χ2v) is 3.58. The third-order valence-corrected chi connectivity index (χ3v) is 2.20. The van der Waals surface area contributed by atoms with Gasteiger partial charge in [0, 0.05) is 12.6 Å². The summed E-state index contributed by atoms with van der Waals surface area (Å²) in [5, 5.41) is 9.26. The lowest BCUT2D eigenvalue weighted by Gasteiger charge is -2.16. The second kappa shape index (κ2) is 4.92.